The summed E-state index contributed by atoms with van der Waals surface area (Å²) in [6.45, 7) is 10.5. The van der Waals surface area contributed by atoms with E-state index in [4.69, 9.17) is 0 Å². The van der Waals surface area contributed by atoms with Gasteiger partial charge in [0.05, 0.1) is 0 Å². The Balaban J connectivity index is 0.000000308. The third-order valence-corrected chi connectivity index (χ3v) is 4.06. The minimum Gasteiger partial charge on any atom is -0.307 e. The maximum atomic E-state index is 12.2. The number of anilines is 1. The number of aryl methyl sites for hydroxylation is 1. The summed E-state index contributed by atoms with van der Waals surface area (Å²) in [6, 6.07) is 16.1. The van der Waals surface area contributed by atoms with Crippen molar-refractivity contribution in [3.63, 3.8) is 0 Å². The summed E-state index contributed by atoms with van der Waals surface area (Å²) in [5, 5.41) is 2.74. The van der Waals surface area contributed by atoms with Gasteiger partial charge in [-0.05, 0) is 60.9 Å². The van der Waals surface area contributed by atoms with Crippen LogP contribution in [-0.2, 0) is 0 Å². The number of halogens is 3. The van der Waals surface area contributed by atoms with Crippen LogP contribution in [0, 0.1) is 6.92 Å². The molecule has 3 aromatic rings. The van der Waals surface area contributed by atoms with Crippen LogP contribution in [0.4, 0.5) is 19.0 Å². The number of nitrogens with one attached hydrogen (secondary N) is 1. The lowest BCUT2D eigenvalue weighted by Crippen LogP contribution is -2.12. The van der Waals surface area contributed by atoms with Gasteiger partial charge in [0.25, 0.3) is 5.91 Å². The van der Waals surface area contributed by atoms with Crippen molar-refractivity contribution in [2.75, 3.05) is 5.32 Å². The first-order valence-corrected chi connectivity index (χ1v) is 10.3. The standard InChI is InChI=1S/C13H12N2O.C11H10F3N.C2H6/c1-10-7-8-12(14-9-10)15-13(16)11-5-3-2-4-6-11;1-8(6-9(2)11(12,13)14)10-4-3-5-15-7-10;1-2/h2-9H,1H3,(H,14,15,16);3-7H,2H2,1H3;1-2H3/b;8-6+;. The fourth-order valence-electron chi connectivity index (χ4n) is 2.34. The molecule has 33 heavy (non-hydrogen) atoms. The topological polar surface area (TPSA) is 54.9 Å². The Bertz CT molecular complexity index is 1030. The van der Waals surface area contributed by atoms with E-state index in [0.717, 1.165) is 11.6 Å². The predicted molar refractivity (Wildman–Crippen MR) is 128 cm³/mol. The number of pyridine rings is 2. The molecular formula is C26H28F3N3O. The summed E-state index contributed by atoms with van der Waals surface area (Å²) >= 11 is 0. The van der Waals surface area contributed by atoms with Gasteiger partial charge in [0.1, 0.15) is 5.82 Å². The van der Waals surface area contributed by atoms with Gasteiger partial charge in [-0.15, -0.1) is 0 Å². The summed E-state index contributed by atoms with van der Waals surface area (Å²) < 4.78 is 36.5. The molecule has 4 nitrogen and oxygen atoms in total. The van der Waals surface area contributed by atoms with Crippen molar-refractivity contribution >= 4 is 17.3 Å². The fourth-order valence-corrected chi connectivity index (χ4v) is 2.34. The van der Waals surface area contributed by atoms with Gasteiger partial charge in [-0.25, -0.2) is 4.98 Å². The van der Waals surface area contributed by atoms with E-state index < -0.39 is 11.7 Å². The third kappa shape index (κ3) is 9.95. The first-order valence-electron chi connectivity index (χ1n) is 10.3. The zero-order chi connectivity index (χ0) is 24.9. The van der Waals surface area contributed by atoms with Crippen LogP contribution >= 0.6 is 0 Å². The molecular weight excluding hydrogens is 427 g/mol. The predicted octanol–water partition coefficient (Wildman–Crippen LogP) is 7.27. The van der Waals surface area contributed by atoms with Crippen LogP contribution in [0.15, 0.2) is 91.4 Å². The van der Waals surface area contributed by atoms with E-state index >= 15 is 0 Å². The molecule has 2 heterocycles. The molecule has 0 unspecified atom stereocenters. The van der Waals surface area contributed by atoms with Crippen molar-refractivity contribution in [3.05, 3.63) is 108 Å². The highest BCUT2D eigenvalue weighted by atomic mass is 19.4. The summed E-state index contributed by atoms with van der Waals surface area (Å²) in [5.74, 6) is 0.427. The number of amides is 1. The van der Waals surface area contributed by atoms with E-state index in [1.807, 2.05) is 45.0 Å². The molecule has 2 aromatic heterocycles. The fraction of sp³-hybridized carbons (Fsp3) is 0.192. The summed E-state index contributed by atoms with van der Waals surface area (Å²) in [6.07, 6.45) is 1.44. The van der Waals surface area contributed by atoms with Crippen LogP contribution in [0.2, 0.25) is 0 Å². The first-order chi connectivity index (χ1) is 15.7. The molecule has 7 heteroatoms. The van der Waals surface area contributed by atoms with Crippen LogP contribution < -0.4 is 5.32 Å². The second-order valence-electron chi connectivity index (χ2n) is 6.63. The van der Waals surface area contributed by atoms with E-state index in [1.54, 1.807) is 49.6 Å². The van der Waals surface area contributed by atoms with E-state index in [9.17, 15) is 18.0 Å². The van der Waals surface area contributed by atoms with Crippen molar-refractivity contribution in [2.45, 2.75) is 33.9 Å². The summed E-state index contributed by atoms with van der Waals surface area (Å²) in [7, 11) is 0. The Hall–Kier alpha value is -3.74. The average Bonchev–Trinajstić information content (AvgIpc) is 2.83. The van der Waals surface area contributed by atoms with Gasteiger partial charge in [-0.2, -0.15) is 13.2 Å². The highest BCUT2D eigenvalue weighted by Crippen LogP contribution is 2.27. The second kappa shape index (κ2) is 13.6. The minimum absolute atomic E-state index is 0.142. The van der Waals surface area contributed by atoms with E-state index in [1.165, 1.54) is 6.20 Å². The Morgan fingerprint density at radius 2 is 1.61 bits per heavy atom. The molecule has 0 aliphatic rings. The molecule has 1 amide bonds. The van der Waals surface area contributed by atoms with E-state index in [0.29, 0.717) is 22.5 Å². The number of aromatic nitrogens is 2. The quantitative estimate of drug-likeness (QED) is 0.421. The van der Waals surface area contributed by atoms with Crippen LogP contribution in [0.5, 0.6) is 0 Å². The lowest BCUT2D eigenvalue weighted by Gasteiger charge is -2.07. The molecule has 0 saturated carbocycles. The van der Waals surface area contributed by atoms with Crippen molar-refractivity contribution in [1.29, 1.82) is 0 Å². The minimum atomic E-state index is -4.37. The molecule has 0 atom stereocenters. The molecule has 174 valence electrons. The van der Waals surface area contributed by atoms with Gasteiger partial charge < -0.3 is 5.32 Å². The number of rotatable bonds is 4. The van der Waals surface area contributed by atoms with Gasteiger partial charge >= 0.3 is 6.18 Å². The largest absolute Gasteiger partial charge is 0.415 e. The van der Waals surface area contributed by atoms with Gasteiger partial charge in [-0.1, -0.05) is 50.8 Å². The number of allylic oxidation sites excluding steroid dienone is 3. The van der Waals surface area contributed by atoms with Crippen molar-refractivity contribution in [3.8, 4) is 0 Å². The SMILES string of the molecule is C=C(/C=C(\C)c1cccnc1)C(F)(F)F.CC.Cc1ccc(NC(=O)c2ccccc2)nc1. The number of nitrogens with zero attached hydrogens (tertiary/aromatic N) is 2. The normalized spacial score (nSPS) is 10.7. The van der Waals surface area contributed by atoms with E-state index in [-0.39, 0.29) is 5.91 Å². The average molecular weight is 456 g/mol. The summed E-state index contributed by atoms with van der Waals surface area (Å²) in [4.78, 5) is 19.7. The summed E-state index contributed by atoms with van der Waals surface area (Å²) in [5.41, 5.74) is 1.99. The lowest BCUT2D eigenvalue weighted by molar-refractivity contribution is -0.0877. The molecule has 1 aromatic carbocycles. The van der Waals surface area contributed by atoms with Crippen LogP contribution in [0.3, 0.4) is 0 Å². The Morgan fingerprint density at radius 1 is 0.970 bits per heavy atom. The number of hydrogen-bond donors (Lipinski definition) is 1. The molecule has 3 rings (SSSR count). The van der Waals surface area contributed by atoms with Gasteiger partial charge in [0.2, 0.25) is 0 Å². The third-order valence-electron chi connectivity index (χ3n) is 4.06. The van der Waals surface area contributed by atoms with Crippen molar-refractivity contribution in [1.82, 2.24) is 9.97 Å². The number of alkyl halides is 3. The molecule has 0 bridgehead atoms. The number of benzene rings is 1. The van der Waals surface area contributed by atoms with Crippen LogP contribution in [0.1, 0.15) is 42.3 Å². The molecule has 0 spiro atoms. The lowest BCUT2D eigenvalue weighted by atomic mass is 10.1. The van der Waals surface area contributed by atoms with Crippen molar-refractivity contribution < 1.29 is 18.0 Å². The van der Waals surface area contributed by atoms with E-state index in [2.05, 4.69) is 21.9 Å². The van der Waals surface area contributed by atoms with Gasteiger partial charge in [-0.3, -0.25) is 9.78 Å². The Labute approximate surface area is 192 Å². The highest BCUT2D eigenvalue weighted by molar-refractivity contribution is 6.03. The van der Waals surface area contributed by atoms with Crippen LogP contribution in [-0.4, -0.2) is 22.1 Å². The molecule has 0 saturated heterocycles. The van der Waals surface area contributed by atoms with Crippen molar-refractivity contribution in [2.24, 2.45) is 0 Å². The molecule has 0 aliphatic carbocycles. The molecule has 1 N–H and O–H groups in total. The smallest absolute Gasteiger partial charge is 0.307 e. The second-order valence-corrected chi connectivity index (χ2v) is 6.63. The van der Waals surface area contributed by atoms with Gasteiger partial charge in [0.15, 0.2) is 0 Å². The maximum Gasteiger partial charge on any atom is 0.415 e. The number of carbonyl (C=O) groups excluding carboxylic acids is 1. The van der Waals surface area contributed by atoms with Crippen LogP contribution in [0.25, 0.3) is 5.57 Å². The first kappa shape index (κ1) is 27.3. The number of carbonyl (C=O) groups is 1. The zero-order valence-electron chi connectivity index (χ0n) is 19.1. The van der Waals surface area contributed by atoms with Gasteiger partial charge in [0, 0.05) is 29.7 Å². The Morgan fingerprint density at radius 3 is 2.12 bits per heavy atom. The Kier molecular flexibility index (Phi) is 11.3. The maximum absolute atomic E-state index is 12.2. The zero-order valence-corrected chi connectivity index (χ0v) is 19.1. The molecule has 0 aliphatic heterocycles. The molecule has 0 radical (unpaired) electrons. The highest BCUT2D eigenvalue weighted by Gasteiger charge is 2.30. The monoisotopic (exact) mass is 455 g/mol. The molecule has 0 fully saturated rings. The number of hydrogen-bond acceptors (Lipinski definition) is 3.